The highest BCUT2D eigenvalue weighted by Gasteiger charge is 2.13. The zero-order valence-electron chi connectivity index (χ0n) is 14.1. The number of thiazole rings is 1. The minimum absolute atomic E-state index is 0.312. The molecule has 0 unspecified atom stereocenters. The lowest BCUT2D eigenvalue weighted by atomic mass is 10.2. The van der Waals surface area contributed by atoms with Crippen molar-refractivity contribution in [3.63, 3.8) is 0 Å². The quantitative estimate of drug-likeness (QED) is 0.633. The molecule has 0 saturated carbocycles. The molecule has 0 radical (unpaired) electrons. The molecule has 1 aromatic heterocycles. The number of halogens is 1. The summed E-state index contributed by atoms with van der Waals surface area (Å²) in [5.74, 6) is 0.812. The van der Waals surface area contributed by atoms with Gasteiger partial charge in [0.15, 0.2) is 16.6 Å². The number of rotatable bonds is 6. The lowest BCUT2D eigenvalue weighted by Gasteiger charge is -2.10. The first kappa shape index (κ1) is 18.0. The summed E-state index contributed by atoms with van der Waals surface area (Å²) in [6.45, 7) is 0. The van der Waals surface area contributed by atoms with Crippen molar-refractivity contribution in [1.82, 2.24) is 4.98 Å². The Morgan fingerprint density at radius 2 is 1.88 bits per heavy atom. The van der Waals surface area contributed by atoms with E-state index in [1.807, 2.05) is 12.1 Å². The summed E-state index contributed by atoms with van der Waals surface area (Å²) in [5.41, 5.74) is 1.71. The van der Waals surface area contributed by atoms with Gasteiger partial charge in [-0.2, -0.15) is 0 Å². The fourth-order valence-electron chi connectivity index (χ4n) is 2.23. The van der Waals surface area contributed by atoms with E-state index in [1.165, 1.54) is 18.4 Å². The predicted molar refractivity (Wildman–Crippen MR) is 104 cm³/mol. The average molecular weight is 390 g/mol. The molecule has 0 atom stereocenters. The highest BCUT2D eigenvalue weighted by molar-refractivity contribution is 7.14. The van der Waals surface area contributed by atoms with Crippen LogP contribution in [-0.2, 0) is 0 Å². The minimum Gasteiger partial charge on any atom is -0.493 e. The monoisotopic (exact) mass is 389 g/mol. The third-order valence-corrected chi connectivity index (χ3v) is 4.45. The Bertz CT molecular complexity index is 930. The summed E-state index contributed by atoms with van der Waals surface area (Å²) in [6.07, 6.45) is 0. The van der Waals surface area contributed by atoms with Gasteiger partial charge in [-0.3, -0.25) is 4.79 Å². The SMILES string of the molecule is COc1ccc(NC(=O)c2csc(Nc3cccc(Cl)c3)n2)cc1OC. The maximum atomic E-state index is 12.4. The van der Waals surface area contributed by atoms with Crippen molar-refractivity contribution in [2.24, 2.45) is 0 Å². The Balaban J connectivity index is 1.70. The summed E-state index contributed by atoms with van der Waals surface area (Å²) in [4.78, 5) is 16.7. The van der Waals surface area contributed by atoms with Gasteiger partial charge in [-0.05, 0) is 30.3 Å². The zero-order valence-corrected chi connectivity index (χ0v) is 15.6. The molecule has 3 rings (SSSR count). The van der Waals surface area contributed by atoms with Gasteiger partial charge in [-0.25, -0.2) is 4.98 Å². The standard InChI is InChI=1S/C18H16ClN3O3S/c1-24-15-7-6-13(9-16(15)25-2)20-17(23)14-10-26-18(22-14)21-12-5-3-4-11(19)8-12/h3-10H,1-2H3,(H,20,23)(H,21,22). The second-order valence-corrected chi connectivity index (χ2v) is 6.49. The van der Waals surface area contributed by atoms with Crippen molar-refractivity contribution in [1.29, 1.82) is 0 Å². The molecule has 0 aliphatic rings. The van der Waals surface area contributed by atoms with Crippen molar-refractivity contribution in [3.05, 3.63) is 58.6 Å². The molecule has 1 amide bonds. The highest BCUT2D eigenvalue weighted by Crippen LogP contribution is 2.30. The Hall–Kier alpha value is -2.77. The smallest absolute Gasteiger partial charge is 0.275 e. The van der Waals surface area contributed by atoms with Gasteiger partial charge < -0.3 is 20.1 Å². The molecule has 8 heteroatoms. The van der Waals surface area contributed by atoms with Crippen molar-refractivity contribution >= 4 is 45.4 Å². The number of benzene rings is 2. The molecular weight excluding hydrogens is 374 g/mol. The first-order valence-electron chi connectivity index (χ1n) is 7.60. The number of carbonyl (C=O) groups excluding carboxylic acids is 1. The van der Waals surface area contributed by atoms with Crippen LogP contribution in [0.3, 0.4) is 0 Å². The third kappa shape index (κ3) is 4.25. The van der Waals surface area contributed by atoms with Gasteiger partial charge in [0.25, 0.3) is 5.91 Å². The Labute approximate surface area is 159 Å². The predicted octanol–water partition coefficient (Wildman–Crippen LogP) is 4.81. The number of amides is 1. The van der Waals surface area contributed by atoms with Gasteiger partial charge in [0.1, 0.15) is 5.69 Å². The summed E-state index contributed by atoms with van der Waals surface area (Å²) in [7, 11) is 3.09. The van der Waals surface area contributed by atoms with Gasteiger partial charge in [0.05, 0.1) is 14.2 Å². The van der Waals surface area contributed by atoms with E-state index in [4.69, 9.17) is 21.1 Å². The minimum atomic E-state index is -0.312. The molecule has 0 aliphatic carbocycles. The van der Waals surface area contributed by atoms with Crippen LogP contribution in [0.5, 0.6) is 11.5 Å². The Morgan fingerprint density at radius 3 is 2.62 bits per heavy atom. The summed E-state index contributed by atoms with van der Waals surface area (Å²) in [6, 6.07) is 12.4. The number of carbonyl (C=O) groups is 1. The summed E-state index contributed by atoms with van der Waals surface area (Å²) >= 11 is 7.30. The third-order valence-electron chi connectivity index (χ3n) is 3.45. The second kappa shape index (κ2) is 8.07. The molecule has 2 aromatic carbocycles. The van der Waals surface area contributed by atoms with Crippen LogP contribution in [0.1, 0.15) is 10.5 Å². The van der Waals surface area contributed by atoms with Crippen LogP contribution >= 0.6 is 22.9 Å². The number of nitrogens with one attached hydrogen (secondary N) is 2. The Morgan fingerprint density at radius 1 is 1.08 bits per heavy atom. The van der Waals surface area contributed by atoms with Gasteiger partial charge in [-0.15, -0.1) is 11.3 Å². The number of methoxy groups -OCH3 is 2. The van der Waals surface area contributed by atoms with Gasteiger partial charge in [0, 0.05) is 27.8 Å². The topological polar surface area (TPSA) is 72.5 Å². The van der Waals surface area contributed by atoms with Gasteiger partial charge in [0.2, 0.25) is 0 Å². The number of hydrogen-bond donors (Lipinski definition) is 2. The number of anilines is 3. The maximum Gasteiger partial charge on any atom is 0.275 e. The summed E-state index contributed by atoms with van der Waals surface area (Å²) in [5, 5.41) is 8.82. The molecule has 0 fully saturated rings. The molecule has 3 aromatic rings. The average Bonchev–Trinajstić information content (AvgIpc) is 3.10. The summed E-state index contributed by atoms with van der Waals surface area (Å²) < 4.78 is 10.4. The number of aromatic nitrogens is 1. The molecule has 1 heterocycles. The van der Waals surface area contributed by atoms with Crippen molar-refractivity contribution in [2.75, 3.05) is 24.9 Å². The van der Waals surface area contributed by atoms with E-state index in [0.29, 0.717) is 33.0 Å². The molecule has 2 N–H and O–H groups in total. The van der Waals surface area contributed by atoms with Crippen LogP contribution in [0, 0.1) is 0 Å². The van der Waals surface area contributed by atoms with Crippen molar-refractivity contribution in [3.8, 4) is 11.5 Å². The Kier molecular flexibility index (Phi) is 5.60. The number of ether oxygens (including phenoxy) is 2. The molecule has 0 aliphatic heterocycles. The van der Waals surface area contributed by atoms with Crippen LogP contribution in [0.2, 0.25) is 5.02 Å². The molecule has 134 valence electrons. The van der Waals surface area contributed by atoms with E-state index in [-0.39, 0.29) is 5.91 Å². The van der Waals surface area contributed by atoms with Crippen molar-refractivity contribution < 1.29 is 14.3 Å². The number of hydrogen-bond acceptors (Lipinski definition) is 6. The fraction of sp³-hybridized carbons (Fsp3) is 0.111. The number of nitrogens with zero attached hydrogens (tertiary/aromatic N) is 1. The van der Waals surface area contributed by atoms with Crippen LogP contribution in [0.25, 0.3) is 0 Å². The molecule has 0 bridgehead atoms. The molecule has 0 spiro atoms. The van der Waals surface area contributed by atoms with Crippen LogP contribution in [0.4, 0.5) is 16.5 Å². The van der Waals surface area contributed by atoms with E-state index in [0.717, 1.165) is 5.69 Å². The van der Waals surface area contributed by atoms with E-state index in [2.05, 4.69) is 15.6 Å². The molecular formula is C18H16ClN3O3S. The first-order chi connectivity index (χ1) is 12.6. The van der Waals surface area contributed by atoms with E-state index < -0.39 is 0 Å². The van der Waals surface area contributed by atoms with E-state index in [9.17, 15) is 4.79 Å². The largest absolute Gasteiger partial charge is 0.493 e. The molecule has 6 nitrogen and oxygen atoms in total. The van der Waals surface area contributed by atoms with E-state index in [1.54, 1.807) is 42.8 Å². The van der Waals surface area contributed by atoms with Crippen LogP contribution < -0.4 is 20.1 Å². The van der Waals surface area contributed by atoms with Gasteiger partial charge in [-0.1, -0.05) is 17.7 Å². The van der Waals surface area contributed by atoms with Crippen molar-refractivity contribution in [2.45, 2.75) is 0 Å². The first-order valence-corrected chi connectivity index (χ1v) is 8.86. The normalized spacial score (nSPS) is 10.3. The molecule has 26 heavy (non-hydrogen) atoms. The van der Waals surface area contributed by atoms with Crippen LogP contribution in [0.15, 0.2) is 47.8 Å². The lowest BCUT2D eigenvalue weighted by Crippen LogP contribution is -2.12. The lowest BCUT2D eigenvalue weighted by molar-refractivity contribution is 0.102. The van der Waals surface area contributed by atoms with Gasteiger partial charge >= 0.3 is 0 Å². The van der Waals surface area contributed by atoms with E-state index >= 15 is 0 Å². The molecule has 0 saturated heterocycles. The maximum absolute atomic E-state index is 12.4. The fourth-order valence-corrected chi connectivity index (χ4v) is 3.14. The zero-order chi connectivity index (χ0) is 18.5. The second-order valence-electron chi connectivity index (χ2n) is 5.20. The van der Waals surface area contributed by atoms with Crippen LogP contribution in [-0.4, -0.2) is 25.1 Å². The highest BCUT2D eigenvalue weighted by atomic mass is 35.5.